The molecule has 76 valence electrons. The zero-order valence-corrected chi connectivity index (χ0v) is 10.9. The second kappa shape index (κ2) is 4.77. The lowest BCUT2D eigenvalue weighted by Crippen LogP contribution is -1.96. The molecule has 0 atom stereocenters. The first kappa shape index (κ1) is 11.5. The Hall–Kier alpha value is -0.580. The van der Waals surface area contributed by atoms with Crippen LogP contribution in [0.25, 0.3) is 10.9 Å². The number of benzene rings is 1. The van der Waals surface area contributed by atoms with Crippen LogP contribution < -0.4 is 0 Å². The van der Waals surface area contributed by atoms with Gasteiger partial charge in [0.2, 0.25) is 0 Å². The molecule has 0 fully saturated rings. The minimum absolute atomic E-state index is 0. The maximum absolute atomic E-state index is 4.54. The van der Waals surface area contributed by atoms with E-state index in [1.807, 2.05) is 0 Å². The largest absolute Gasteiger partial charge is 0.265 e. The van der Waals surface area contributed by atoms with Crippen LogP contribution in [-0.4, -0.2) is 9.78 Å². The zero-order chi connectivity index (χ0) is 9.26. The van der Waals surface area contributed by atoms with Gasteiger partial charge in [-0.2, -0.15) is 5.10 Å². The van der Waals surface area contributed by atoms with Crippen molar-refractivity contribution in [2.24, 2.45) is 0 Å². The molecular formula is C11H15IN2. The van der Waals surface area contributed by atoms with Crippen molar-refractivity contribution < 1.29 is 0 Å². The lowest BCUT2D eigenvalue weighted by Gasteiger charge is -1.95. The molecule has 0 saturated carbocycles. The molecule has 0 spiro atoms. The molecule has 2 aromatic rings. The van der Waals surface area contributed by atoms with Gasteiger partial charge in [-0.15, -0.1) is 24.0 Å². The highest BCUT2D eigenvalue weighted by Gasteiger charge is 2.05. The number of nitrogens with zero attached hydrogens (tertiary/aromatic N) is 2. The Morgan fingerprint density at radius 2 is 1.93 bits per heavy atom. The van der Waals surface area contributed by atoms with Gasteiger partial charge >= 0.3 is 0 Å². The summed E-state index contributed by atoms with van der Waals surface area (Å²) in [4.78, 5) is 0. The Morgan fingerprint density at radius 3 is 2.57 bits per heavy atom. The van der Waals surface area contributed by atoms with Gasteiger partial charge in [-0.05, 0) is 19.4 Å². The maximum Gasteiger partial charge on any atom is 0.0700 e. The number of para-hydroxylation sites is 1. The van der Waals surface area contributed by atoms with Gasteiger partial charge in [0.25, 0.3) is 0 Å². The summed E-state index contributed by atoms with van der Waals surface area (Å²) < 4.78 is 2.06. The molecule has 0 aliphatic heterocycles. The Morgan fingerprint density at radius 1 is 1.21 bits per heavy atom. The second-order valence-corrected chi connectivity index (χ2v) is 3.13. The fourth-order valence-corrected chi connectivity index (χ4v) is 1.70. The quantitative estimate of drug-likeness (QED) is 0.779. The van der Waals surface area contributed by atoms with Crippen LogP contribution in [0.15, 0.2) is 24.3 Å². The van der Waals surface area contributed by atoms with Crippen LogP contribution in [0.2, 0.25) is 0 Å². The van der Waals surface area contributed by atoms with Crippen molar-refractivity contribution in [2.75, 3.05) is 0 Å². The first-order valence-corrected chi connectivity index (χ1v) is 4.81. The topological polar surface area (TPSA) is 17.8 Å². The maximum atomic E-state index is 4.54. The van der Waals surface area contributed by atoms with Gasteiger partial charge in [0.1, 0.15) is 0 Å². The molecule has 0 N–H and O–H groups in total. The van der Waals surface area contributed by atoms with Crippen molar-refractivity contribution >= 4 is 34.9 Å². The third-order valence-electron chi connectivity index (χ3n) is 2.37. The van der Waals surface area contributed by atoms with Crippen molar-refractivity contribution in [3.8, 4) is 0 Å². The van der Waals surface area contributed by atoms with Crippen LogP contribution >= 0.6 is 24.0 Å². The van der Waals surface area contributed by atoms with Crippen LogP contribution in [0.4, 0.5) is 0 Å². The monoisotopic (exact) mass is 302 g/mol. The molecule has 2 nitrogen and oxygen atoms in total. The summed E-state index contributed by atoms with van der Waals surface area (Å²) in [6.07, 6.45) is 1.01. The Kier molecular flexibility index (Phi) is 3.92. The average Bonchev–Trinajstić information content (AvgIpc) is 2.56. The van der Waals surface area contributed by atoms with E-state index in [1.165, 1.54) is 16.6 Å². The smallest absolute Gasteiger partial charge is 0.0700 e. The van der Waals surface area contributed by atoms with E-state index in [0.29, 0.717) is 0 Å². The van der Waals surface area contributed by atoms with E-state index in [2.05, 4.69) is 47.9 Å². The number of aromatic nitrogens is 2. The Bertz CT molecular complexity index is 382. The normalized spacial score (nSPS) is 10.1. The number of rotatable bonds is 2. The van der Waals surface area contributed by atoms with Crippen molar-refractivity contribution in [3.63, 3.8) is 0 Å². The van der Waals surface area contributed by atoms with Gasteiger partial charge < -0.3 is 0 Å². The average molecular weight is 302 g/mol. The number of halogens is 1. The zero-order valence-electron chi connectivity index (χ0n) is 8.53. The van der Waals surface area contributed by atoms with Gasteiger partial charge in [-0.3, -0.25) is 4.68 Å². The molecule has 1 aromatic carbocycles. The van der Waals surface area contributed by atoms with E-state index in [1.54, 1.807) is 0 Å². The van der Waals surface area contributed by atoms with E-state index in [9.17, 15) is 0 Å². The molecule has 0 bridgehead atoms. The molecule has 1 aromatic heterocycles. The molecule has 0 saturated heterocycles. The third kappa shape index (κ3) is 1.78. The van der Waals surface area contributed by atoms with Crippen molar-refractivity contribution in [3.05, 3.63) is 30.0 Å². The number of fused-ring (bicyclic) bond motifs is 1. The fourth-order valence-electron chi connectivity index (χ4n) is 1.70. The predicted octanol–water partition coefficient (Wildman–Crippen LogP) is 3.24. The summed E-state index contributed by atoms with van der Waals surface area (Å²) in [6, 6.07) is 8.41. The molecule has 0 aliphatic rings. The summed E-state index contributed by atoms with van der Waals surface area (Å²) in [5.74, 6) is 0. The molecule has 14 heavy (non-hydrogen) atoms. The third-order valence-corrected chi connectivity index (χ3v) is 2.37. The molecular weight excluding hydrogens is 287 g/mol. The Labute approximate surface area is 101 Å². The van der Waals surface area contributed by atoms with Gasteiger partial charge in [0.05, 0.1) is 11.2 Å². The van der Waals surface area contributed by atoms with E-state index < -0.39 is 0 Å². The molecule has 1 heterocycles. The van der Waals surface area contributed by atoms with Gasteiger partial charge in [-0.1, -0.05) is 25.1 Å². The highest BCUT2D eigenvalue weighted by molar-refractivity contribution is 14.0. The number of hydrogen-bond acceptors (Lipinski definition) is 1. The molecule has 2 rings (SSSR count). The first-order valence-electron chi connectivity index (χ1n) is 4.81. The lowest BCUT2D eigenvalue weighted by atomic mass is 10.2. The van der Waals surface area contributed by atoms with E-state index in [-0.39, 0.29) is 24.0 Å². The van der Waals surface area contributed by atoms with Crippen LogP contribution in [0.1, 0.15) is 19.5 Å². The molecule has 0 amide bonds. The van der Waals surface area contributed by atoms with Crippen LogP contribution in [-0.2, 0) is 13.0 Å². The lowest BCUT2D eigenvalue weighted by molar-refractivity contribution is 0.670. The number of hydrogen-bond donors (Lipinski definition) is 0. The van der Waals surface area contributed by atoms with Gasteiger partial charge in [-0.25, -0.2) is 0 Å². The van der Waals surface area contributed by atoms with Crippen LogP contribution in [0, 0.1) is 0 Å². The highest BCUT2D eigenvalue weighted by atomic mass is 127. The van der Waals surface area contributed by atoms with E-state index in [4.69, 9.17) is 0 Å². The summed E-state index contributed by atoms with van der Waals surface area (Å²) in [5.41, 5.74) is 2.46. The van der Waals surface area contributed by atoms with Crippen molar-refractivity contribution in [2.45, 2.75) is 26.8 Å². The van der Waals surface area contributed by atoms with E-state index in [0.717, 1.165) is 13.0 Å². The summed E-state index contributed by atoms with van der Waals surface area (Å²) in [7, 11) is 0. The fraction of sp³-hybridized carbons (Fsp3) is 0.364. The Balaban J connectivity index is 0.000000980. The highest BCUT2D eigenvalue weighted by Crippen LogP contribution is 2.18. The van der Waals surface area contributed by atoms with E-state index >= 15 is 0 Å². The minimum Gasteiger partial charge on any atom is -0.265 e. The van der Waals surface area contributed by atoms with Gasteiger partial charge in [0.15, 0.2) is 0 Å². The molecule has 0 unspecified atom stereocenters. The second-order valence-electron chi connectivity index (χ2n) is 3.13. The predicted molar refractivity (Wildman–Crippen MR) is 70.2 cm³/mol. The van der Waals surface area contributed by atoms with Crippen LogP contribution in [0.5, 0.6) is 0 Å². The number of aryl methyl sites for hydroxylation is 2. The molecule has 0 aliphatic carbocycles. The standard InChI is InChI=1S/C11H14N2.HI/c1-3-10-9-7-5-6-8-11(9)13(4-2)12-10;/h5-8H,3-4H2,1-2H3;1H. The summed E-state index contributed by atoms with van der Waals surface area (Å²) in [5, 5.41) is 5.84. The SMILES string of the molecule is CCc1nn(CC)c2ccccc12.I. The van der Waals surface area contributed by atoms with Crippen molar-refractivity contribution in [1.29, 1.82) is 0 Å². The minimum atomic E-state index is 0. The van der Waals surface area contributed by atoms with Crippen LogP contribution in [0.3, 0.4) is 0 Å². The first-order chi connectivity index (χ1) is 6.36. The molecule has 0 radical (unpaired) electrons. The summed E-state index contributed by atoms with van der Waals surface area (Å²) in [6.45, 7) is 5.22. The molecule has 3 heteroatoms. The van der Waals surface area contributed by atoms with Crippen molar-refractivity contribution in [1.82, 2.24) is 9.78 Å². The summed E-state index contributed by atoms with van der Waals surface area (Å²) >= 11 is 0. The van der Waals surface area contributed by atoms with Gasteiger partial charge in [0, 0.05) is 11.9 Å².